The van der Waals surface area contributed by atoms with Crippen molar-refractivity contribution in [2.75, 3.05) is 19.6 Å². The zero-order valence-corrected chi connectivity index (χ0v) is 13.4. The third kappa shape index (κ3) is 3.61. The van der Waals surface area contributed by atoms with Crippen LogP contribution in [-0.2, 0) is 10.2 Å². The summed E-state index contributed by atoms with van der Waals surface area (Å²) in [6, 6.07) is 0.210. The van der Waals surface area contributed by atoms with Gasteiger partial charge in [0.15, 0.2) is 0 Å². The summed E-state index contributed by atoms with van der Waals surface area (Å²) in [5, 5.41) is 0. The van der Waals surface area contributed by atoms with Crippen LogP contribution in [0.5, 0.6) is 0 Å². The van der Waals surface area contributed by atoms with Crippen molar-refractivity contribution in [3.8, 4) is 0 Å². The molecular formula is C12H26ClN3O2S. The smallest absolute Gasteiger partial charge is 0.282 e. The lowest BCUT2D eigenvalue weighted by atomic mass is 10.0. The van der Waals surface area contributed by atoms with E-state index in [1.807, 2.05) is 13.8 Å². The number of rotatable bonds is 3. The molecule has 5 nitrogen and oxygen atoms in total. The molecule has 3 atom stereocenters. The van der Waals surface area contributed by atoms with Gasteiger partial charge in [0, 0.05) is 31.7 Å². The number of hydrogen-bond donors (Lipinski definition) is 1. The Kier molecular flexibility index (Phi) is 6.07. The van der Waals surface area contributed by atoms with Gasteiger partial charge in [0.25, 0.3) is 10.2 Å². The van der Waals surface area contributed by atoms with Crippen LogP contribution in [0.1, 0.15) is 39.5 Å². The van der Waals surface area contributed by atoms with Gasteiger partial charge in [0.2, 0.25) is 0 Å². The van der Waals surface area contributed by atoms with E-state index >= 15 is 0 Å². The van der Waals surface area contributed by atoms with Crippen molar-refractivity contribution in [1.82, 2.24) is 8.61 Å². The minimum absolute atomic E-state index is 0. The molecule has 2 saturated heterocycles. The first-order chi connectivity index (χ1) is 8.43. The van der Waals surface area contributed by atoms with Gasteiger partial charge in [-0.3, -0.25) is 0 Å². The molecule has 0 aromatic rings. The molecule has 0 amide bonds. The van der Waals surface area contributed by atoms with Gasteiger partial charge in [0.1, 0.15) is 0 Å². The standard InChI is InChI=1S/C12H25N3O2S.ClH/c1-10-5-3-4-7-15(10)18(16,17)14-8-6-12(9-14)11(2)13;/h10-12H,3-9,13H2,1-2H3;1H. The van der Waals surface area contributed by atoms with Crippen LogP contribution in [0, 0.1) is 5.92 Å². The van der Waals surface area contributed by atoms with Crippen molar-refractivity contribution in [3.63, 3.8) is 0 Å². The van der Waals surface area contributed by atoms with Crippen molar-refractivity contribution >= 4 is 22.6 Å². The van der Waals surface area contributed by atoms with Crippen molar-refractivity contribution in [2.24, 2.45) is 11.7 Å². The van der Waals surface area contributed by atoms with Crippen molar-refractivity contribution < 1.29 is 8.42 Å². The van der Waals surface area contributed by atoms with Gasteiger partial charge < -0.3 is 5.73 Å². The second-order valence-electron chi connectivity index (χ2n) is 5.73. The molecule has 0 bridgehead atoms. The average Bonchev–Trinajstić information content (AvgIpc) is 2.79. The van der Waals surface area contributed by atoms with Gasteiger partial charge in [-0.25, -0.2) is 0 Å². The minimum atomic E-state index is -3.27. The van der Waals surface area contributed by atoms with Gasteiger partial charge >= 0.3 is 0 Å². The fourth-order valence-corrected chi connectivity index (χ4v) is 4.89. The third-order valence-electron chi connectivity index (χ3n) is 4.30. The zero-order chi connectivity index (χ0) is 13.3. The van der Waals surface area contributed by atoms with E-state index in [4.69, 9.17) is 5.73 Å². The minimum Gasteiger partial charge on any atom is -0.328 e. The van der Waals surface area contributed by atoms with Crippen LogP contribution in [0.4, 0.5) is 0 Å². The molecule has 2 N–H and O–H groups in total. The molecule has 2 aliphatic rings. The monoisotopic (exact) mass is 311 g/mol. The van der Waals surface area contributed by atoms with Gasteiger partial charge in [0.05, 0.1) is 0 Å². The first kappa shape index (κ1) is 17.2. The van der Waals surface area contributed by atoms with E-state index in [1.54, 1.807) is 8.61 Å². The molecule has 0 aromatic heterocycles. The SMILES string of the molecule is CC(N)C1CCN(S(=O)(=O)N2CCCCC2C)C1.Cl. The van der Waals surface area contributed by atoms with Crippen molar-refractivity contribution in [3.05, 3.63) is 0 Å². The van der Waals surface area contributed by atoms with Crippen LogP contribution in [0.15, 0.2) is 0 Å². The number of halogens is 1. The molecule has 114 valence electrons. The van der Waals surface area contributed by atoms with E-state index in [1.165, 1.54) is 0 Å². The molecule has 0 aliphatic carbocycles. The van der Waals surface area contributed by atoms with E-state index in [0.717, 1.165) is 25.7 Å². The third-order valence-corrected chi connectivity index (χ3v) is 6.42. The van der Waals surface area contributed by atoms with E-state index in [2.05, 4.69) is 0 Å². The molecule has 2 heterocycles. The maximum absolute atomic E-state index is 12.6. The van der Waals surface area contributed by atoms with Crippen LogP contribution in [0.2, 0.25) is 0 Å². The summed E-state index contributed by atoms with van der Waals surface area (Å²) in [7, 11) is -3.27. The topological polar surface area (TPSA) is 66.6 Å². The summed E-state index contributed by atoms with van der Waals surface area (Å²) in [6.07, 6.45) is 3.98. The molecule has 2 aliphatic heterocycles. The Labute approximate surface area is 123 Å². The fraction of sp³-hybridized carbons (Fsp3) is 1.00. The lowest BCUT2D eigenvalue weighted by Crippen LogP contribution is -2.49. The molecule has 7 heteroatoms. The first-order valence-corrected chi connectivity index (χ1v) is 8.35. The summed E-state index contributed by atoms with van der Waals surface area (Å²) in [4.78, 5) is 0. The number of piperidine rings is 1. The predicted octanol–water partition coefficient (Wildman–Crippen LogP) is 1.20. The summed E-state index contributed by atoms with van der Waals surface area (Å²) < 4.78 is 28.5. The van der Waals surface area contributed by atoms with Crippen molar-refractivity contribution in [1.29, 1.82) is 0 Å². The van der Waals surface area contributed by atoms with Crippen LogP contribution in [-0.4, -0.2) is 48.7 Å². The van der Waals surface area contributed by atoms with Crippen LogP contribution in [0.3, 0.4) is 0 Å². The maximum atomic E-state index is 12.6. The van der Waals surface area contributed by atoms with Gasteiger partial charge in [-0.15, -0.1) is 12.4 Å². The Morgan fingerprint density at radius 3 is 2.42 bits per heavy atom. The number of nitrogens with zero attached hydrogens (tertiary/aromatic N) is 2. The largest absolute Gasteiger partial charge is 0.328 e. The molecule has 0 spiro atoms. The normalized spacial score (nSPS) is 31.9. The quantitative estimate of drug-likeness (QED) is 0.851. The Morgan fingerprint density at radius 2 is 1.89 bits per heavy atom. The lowest BCUT2D eigenvalue weighted by Gasteiger charge is -2.35. The molecule has 3 unspecified atom stereocenters. The first-order valence-electron chi connectivity index (χ1n) is 6.95. The van der Waals surface area contributed by atoms with Gasteiger partial charge in [-0.2, -0.15) is 17.0 Å². The van der Waals surface area contributed by atoms with Gasteiger partial charge in [-0.1, -0.05) is 6.42 Å². The summed E-state index contributed by atoms with van der Waals surface area (Å²) in [6.45, 7) is 5.85. The summed E-state index contributed by atoms with van der Waals surface area (Å²) in [5.74, 6) is 0.305. The Hall–Kier alpha value is 0.120. The Bertz CT molecular complexity index is 388. The molecule has 0 aromatic carbocycles. The van der Waals surface area contributed by atoms with Gasteiger partial charge in [-0.05, 0) is 39.0 Å². The molecule has 19 heavy (non-hydrogen) atoms. The number of nitrogens with two attached hydrogens (primary N) is 1. The van der Waals surface area contributed by atoms with E-state index < -0.39 is 10.2 Å². The van der Waals surface area contributed by atoms with Crippen LogP contribution >= 0.6 is 12.4 Å². The zero-order valence-electron chi connectivity index (χ0n) is 11.8. The highest BCUT2D eigenvalue weighted by molar-refractivity contribution is 7.86. The van der Waals surface area contributed by atoms with E-state index in [9.17, 15) is 8.42 Å². The lowest BCUT2D eigenvalue weighted by molar-refractivity contribution is 0.249. The summed E-state index contributed by atoms with van der Waals surface area (Å²) in [5.41, 5.74) is 5.87. The number of hydrogen-bond acceptors (Lipinski definition) is 3. The van der Waals surface area contributed by atoms with E-state index in [-0.39, 0.29) is 24.5 Å². The fourth-order valence-electron chi connectivity index (χ4n) is 2.96. The summed E-state index contributed by atoms with van der Waals surface area (Å²) >= 11 is 0. The Morgan fingerprint density at radius 1 is 1.21 bits per heavy atom. The highest BCUT2D eigenvalue weighted by atomic mass is 35.5. The molecule has 2 rings (SSSR count). The second-order valence-corrected chi connectivity index (χ2v) is 7.61. The maximum Gasteiger partial charge on any atom is 0.282 e. The molecule has 2 fully saturated rings. The molecular weight excluding hydrogens is 286 g/mol. The van der Waals surface area contributed by atoms with Crippen LogP contribution < -0.4 is 5.73 Å². The Balaban J connectivity index is 0.00000180. The van der Waals surface area contributed by atoms with Crippen molar-refractivity contribution in [2.45, 2.75) is 51.6 Å². The highest BCUT2D eigenvalue weighted by Gasteiger charge is 2.39. The highest BCUT2D eigenvalue weighted by Crippen LogP contribution is 2.27. The molecule has 0 saturated carbocycles. The average molecular weight is 312 g/mol. The van der Waals surface area contributed by atoms with E-state index in [0.29, 0.717) is 25.6 Å². The predicted molar refractivity (Wildman–Crippen MR) is 79.5 cm³/mol. The van der Waals surface area contributed by atoms with Crippen LogP contribution in [0.25, 0.3) is 0 Å². The molecule has 0 radical (unpaired) electrons. The second kappa shape index (κ2) is 6.72.